The van der Waals surface area contributed by atoms with E-state index in [1.54, 1.807) is 6.07 Å². The van der Waals surface area contributed by atoms with Gasteiger partial charge in [0.1, 0.15) is 5.82 Å². The maximum absolute atomic E-state index is 12.8. The fraction of sp³-hybridized carbons (Fsp3) is 0.227. The van der Waals surface area contributed by atoms with Crippen molar-refractivity contribution in [2.45, 2.75) is 18.8 Å². The van der Waals surface area contributed by atoms with Crippen LogP contribution in [0.1, 0.15) is 34.8 Å². The summed E-state index contributed by atoms with van der Waals surface area (Å²) < 4.78 is 0. The lowest BCUT2D eigenvalue weighted by Gasteiger charge is -2.31. The van der Waals surface area contributed by atoms with E-state index in [1.807, 2.05) is 59.5 Å². The van der Waals surface area contributed by atoms with Crippen molar-refractivity contribution in [2.75, 3.05) is 18.8 Å². The van der Waals surface area contributed by atoms with Gasteiger partial charge in [0.2, 0.25) is 0 Å². The van der Waals surface area contributed by atoms with Crippen LogP contribution >= 0.6 is 11.6 Å². The average Bonchev–Trinajstić information content (AvgIpc) is 2.75. The van der Waals surface area contributed by atoms with Crippen LogP contribution in [0.15, 0.2) is 60.7 Å². The Morgan fingerprint density at radius 2 is 1.50 bits per heavy atom. The van der Waals surface area contributed by atoms with Crippen molar-refractivity contribution in [3.05, 3.63) is 76.9 Å². The molecule has 1 aliphatic rings. The number of likely N-dealkylation sites (tertiary alicyclic amines) is 1. The quantitative estimate of drug-likeness (QED) is 0.717. The lowest BCUT2D eigenvalue weighted by atomic mass is 9.93. The van der Waals surface area contributed by atoms with Crippen molar-refractivity contribution in [3.8, 4) is 11.1 Å². The zero-order chi connectivity index (χ0) is 19.5. The minimum absolute atomic E-state index is 0.0736. The highest BCUT2D eigenvalue weighted by atomic mass is 35.5. The summed E-state index contributed by atoms with van der Waals surface area (Å²) in [5, 5.41) is 8.83. The second-order valence-electron chi connectivity index (χ2n) is 7.03. The second-order valence-corrected chi connectivity index (χ2v) is 7.47. The number of rotatable bonds is 3. The molecule has 1 aromatic heterocycles. The van der Waals surface area contributed by atoms with E-state index in [0.717, 1.165) is 29.7 Å². The van der Waals surface area contributed by atoms with Crippen molar-refractivity contribution in [2.24, 2.45) is 0 Å². The van der Waals surface area contributed by atoms with Crippen LogP contribution in [-0.4, -0.2) is 34.1 Å². The number of aromatic nitrogens is 2. The van der Waals surface area contributed by atoms with Gasteiger partial charge in [-0.25, -0.2) is 0 Å². The molecular weight excluding hydrogens is 372 g/mol. The molecule has 0 saturated carbocycles. The number of anilines is 1. The Morgan fingerprint density at radius 3 is 2.07 bits per heavy atom. The Labute approximate surface area is 169 Å². The number of nitrogens with zero attached hydrogens (tertiary/aromatic N) is 3. The molecule has 0 spiro atoms. The monoisotopic (exact) mass is 392 g/mol. The highest BCUT2D eigenvalue weighted by Crippen LogP contribution is 2.28. The first-order chi connectivity index (χ1) is 13.6. The fourth-order valence-corrected chi connectivity index (χ4v) is 3.71. The number of hydrogen-bond acceptors (Lipinski definition) is 4. The first-order valence-corrected chi connectivity index (χ1v) is 9.72. The SMILES string of the molecule is Nc1ccc(C2CCN(C(=O)c3ccc(-c4ccc(Cl)cc4)cc3)CC2)nn1. The van der Waals surface area contributed by atoms with E-state index < -0.39 is 0 Å². The first-order valence-electron chi connectivity index (χ1n) is 9.34. The maximum atomic E-state index is 12.8. The van der Waals surface area contributed by atoms with Crippen molar-refractivity contribution in [1.29, 1.82) is 0 Å². The van der Waals surface area contributed by atoms with Crippen molar-refractivity contribution < 1.29 is 4.79 Å². The standard InChI is InChI=1S/C22H21ClN4O/c23-19-7-5-16(6-8-19)15-1-3-18(4-2-15)22(28)27-13-11-17(12-14-27)20-9-10-21(24)26-25-20/h1-10,17H,11-14H2,(H2,24,26). The third kappa shape index (κ3) is 3.99. The Kier molecular flexibility index (Phi) is 5.26. The normalized spacial score (nSPS) is 14.8. The first kappa shape index (κ1) is 18.4. The third-order valence-electron chi connectivity index (χ3n) is 5.22. The van der Waals surface area contributed by atoms with Crippen molar-refractivity contribution in [1.82, 2.24) is 15.1 Å². The molecule has 28 heavy (non-hydrogen) atoms. The highest BCUT2D eigenvalue weighted by molar-refractivity contribution is 6.30. The summed E-state index contributed by atoms with van der Waals surface area (Å²) in [5.41, 5.74) is 9.41. The van der Waals surface area contributed by atoms with E-state index >= 15 is 0 Å². The molecule has 0 radical (unpaired) electrons. The summed E-state index contributed by atoms with van der Waals surface area (Å²) in [6.45, 7) is 1.43. The van der Waals surface area contributed by atoms with Gasteiger partial charge in [0.15, 0.2) is 0 Å². The van der Waals surface area contributed by atoms with Gasteiger partial charge in [0.25, 0.3) is 5.91 Å². The molecule has 0 unspecified atom stereocenters. The highest BCUT2D eigenvalue weighted by Gasteiger charge is 2.25. The second kappa shape index (κ2) is 7.98. The van der Waals surface area contributed by atoms with Gasteiger partial charge in [-0.05, 0) is 60.4 Å². The zero-order valence-electron chi connectivity index (χ0n) is 15.4. The number of amides is 1. The van der Waals surface area contributed by atoms with E-state index in [0.29, 0.717) is 35.4 Å². The van der Waals surface area contributed by atoms with E-state index in [2.05, 4.69) is 10.2 Å². The zero-order valence-corrected chi connectivity index (χ0v) is 16.1. The average molecular weight is 393 g/mol. The summed E-state index contributed by atoms with van der Waals surface area (Å²) in [5.74, 6) is 0.826. The largest absolute Gasteiger partial charge is 0.382 e. The van der Waals surface area contributed by atoms with Gasteiger partial charge in [-0.2, -0.15) is 5.10 Å². The lowest BCUT2D eigenvalue weighted by Crippen LogP contribution is -2.38. The third-order valence-corrected chi connectivity index (χ3v) is 5.47. The predicted octanol–water partition coefficient (Wildman–Crippen LogP) is 4.40. The molecule has 2 aromatic carbocycles. The summed E-state index contributed by atoms with van der Waals surface area (Å²) in [7, 11) is 0. The van der Waals surface area contributed by atoms with E-state index in [-0.39, 0.29) is 5.91 Å². The van der Waals surface area contributed by atoms with Crippen LogP contribution in [0.2, 0.25) is 5.02 Å². The molecule has 3 aromatic rings. The number of carbonyl (C=O) groups is 1. The number of piperidine rings is 1. The molecule has 1 amide bonds. The summed E-state index contributed by atoms with van der Waals surface area (Å²) in [6.07, 6.45) is 1.76. The molecule has 1 aliphatic heterocycles. The van der Waals surface area contributed by atoms with E-state index in [1.165, 1.54) is 0 Å². The van der Waals surface area contributed by atoms with Gasteiger partial charge >= 0.3 is 0 Å². The Hall–Kier alpha value is -2.92. The van der Waals surface area contributed by atoms with E-state index in [4.69, 9.17) is 17.3 Å². The van der Waals surface area contributed by atoms with Crippen LogP contribution in [0.4, 0.5) is 5.82 Å². The van der Waals surface area contributed by atoms with Crippen molar-refractivity contribution >= 4 is 23.3 Å². The maximum Gasteiger partial charge on any atom is 0.253 e. The predicted molar refractivity (Wildman–Crippen MR) is 111 cm³/mol. The minimum Gasteiger partial charge on any atom is -0.382 e. The van der Waals surface area contributed by atoms with Gasteiger partial charge in [0, 0.05) is 29.6 Å². The van der Waals surface area contributed by atoms with Crippen LogP contribution in [0.3, 0.4) is 0 Å². The summed E-state index contributed by atoms with van der Waals surface area (Å²) >= 11 is 5.95. The Balaban J connectivity index is 1.39. The summed E-state index contributed by atoms with van der Waals surface area (Å²) in [6, 6.07) is 19.1. The van der Waals surface area contributed by atoms with Crippen LogP contribution in [0.5, 0.6) is 0 Å². The molecule has 0 bridgehead atoms. The molecule has 142 valence electrons. The summed E-state index contributed by atoms with van der Waals surface area (Å²) in [4.78, 5) is 14.8. The number of carbonyl (C=O) groups excluding carboxylic acids is 1. The van der Waals surface area contributed by atoms with Gasteiger partial charge in [-0.3, -0.25) is 4.79 Å². The minimum atomic E-state index is 0.0736. The van der Waals surface area contributed by atoms with Crippen molar-refractivity contribution in [3.63, 3.8) is 0 Å². The van der Waals surface area contributed by atoms with Gasteiger partial charge in [0.05, 0.1) is 5.69 Å². The van der Waals surface area contributed by atoms with Gasteiger partial charge in [-0.15, -0.1) is 5.10 Å². The molecule has 2 N–H and O–H groups in total. The molecule has 2 heterocycles. The number of benzene rings is 2. The molecular formula is C22H21ClN4O. The Bertz CT molecular complexity index is 947. The smallest absolute Gasteiger partial charge is 0.253 e. The van der Waals surface area contributed by atoms with Crippen LogP contribution in [0, 0.1) is 0 Å². The number of nitrogen functional groups attached to an aromatic ring is 1. The molecule has 5 nitrogen and oxygen atoms in total. The molecule has 1 fully saturated rings. The molecule has 0 atom stereocenters. The van der Waals surface area contributed by atoms with E-state index in [9.17, 15) is 4.79 Å². The Morgan fingerprint density at radius 1 is 0.893 bits per heavy atom. The fourth-order valence-electron chi connectivity index (χ4n) is 3.58. The van der Waals surface area contributed by atoms with Crippen LogP contribution in [-0.2, 0) is 0 Å². The molecule has 0 aliphatic carbocycles. The molecule has 6 heteroatoms. The van der Waals surface area contributed by atoms with Gasteiger partial charge < -0.3 is 10.6 Å². The molecule has 4 rings (SSSR count). The lowest BCUT2D eigenvalue weighted by molar-refractivity contribution is 0.0712. The van der Waals surface area contributed by atoms with Crippen LogP contribution < -0.4 is 5.73 Å². The van der Waals surface area contributed by atoms with Gasteiger partial charge in [-0.1, -0.05) is 35.9 Å². The molecule has 1 saturated heterocycles. The number of hydrogen-bond donors (Lipinski definition) is 1. The topological polar surface area (TPSA) is 72.1 Å². The number of halogens is 1. The van der Waals surface area contributed by atoms with Crippen LogP contribution in [0.25, 0.3) is 11.1 Å². The number of nitrogens with two attached hydrogens (primary N) is 1.